The summed E-state index contributed by atoms with van der Waals surface area (Å²) >= 11 is 0. The number of fused-ring (bicyclic) bond motifs is 1. The molecule has 0 unspecified atom stereocenters. The van der Waals surface area contributed by atoms with Gasteiger partial charge in [0.2, 0.25) is 0 Å². The van der Waals surface area contributed by atoms with Crippen LogP contribution in [0.5, 0.6) is 0 Å². The minimum atomic E-state index is 0.0577. The number of anilines is 1. The molecule has 3 heterocycles. The molecule has 0 amide bonds. The third-order valence-corrected chi connectivity index (χ3v) is 3.75. The van der Waals surface area contributed by atoms with Crippen LogP contribution in [0.4, 0.5) is 5.69 Å². The third kappa shape index (κ3) is 2.21. The van der Waals surface area contributed by atoms with Gasteiger partial charge in [0.1, 0.15) is 0 Å². The second-order valence-electron chi connectivity index (χ2n) is 5.12. The van der Waals surface area contributed by atoms with Crippen molar-refractivity contribution in [2.24, 2.45) is 0 Å². The van der Waals surface area contributed by atoms with Crippen LogP contribution in [0.3, 0.4) is 0 Å². The average molecular weight is 258 g/mol. The van der Waals surface area contributed by atoms with Gasteiger partial charge in [-0.1, -0.05) is 0 Å². The summed E-state index contributed by atoms with van der Waals surface area (Å²) in [5, 5.41) is 4.27. The maximum Gasteiger partial charge on any atom is 0.163 e. The molecule has 0 spiro atoms. The maximum atomic E-state index is 11.5. The number of pyridine rings is 1. The first-order valence-electron chi connectivity index (χ1n) is 6.57. The quantitative estimate of drug-likeness (QED) is 0.761. The molecule has 5 nitrogen and oxygen atoms in total. The Morgan fingerprint density at radius 2 is 1.95 bits per heavy atom. The second kappa shape index (κ2) is 4.66. The molecule has 0 saturated carbocycles. The van der Waals surface area contributed by atoms with E-state index in [2.05, 4.69) is 28.0 Å². The number of hydrogen-bond donors (Lipinski definition) is 0. The summed E-state index contributed by atoms with van der Waals surface area (Å²) in [5.74, 6) is 0.0577. The van der Waals surface area contributed by atoms with Crippen molar-refractivity contribution in [3.05, 3.63) is 30.1 Å². The number of hydrogen-bond acceptors (Lipinski definition) is 4. The number of rotatable bonds is 2. The molecule has 2 aromatic heterocycles. The van der Waals surface area contributed by atoms with E-state index in [1.807, 2.05) is 12.3 Å². The fourth-order valence-corrected chi connectivity index (χ4v) is 2.50. The van der Waals surface area contributed by atoms with Gasteiger partial charge < -0.3 is 9.80 Å². The zero-order valence-electron chi connectivity index (χ0n) is 11.3. The maximum absolute atomic E-state index is 11.5. The zero-order chi connectivity index (χ0) is 13.4. The second-order valence-corrected chi connectivity index (χ2v) is 5.12. The predicted molar refractivity (Wildman–Crippen MR) is 74.9 cm³/mol. The highest BCUT2D eigenvalue weighted by molar-refractivity contribution is 6.00. The summed E-state index contributed by atoms with van der Waals surface area (Å²) in [6, 6.07) is 4.06. The van der Waals surface area contributed by atoms with Crippen LogP contribution in [0.2, 0.25) is 0 Å². The molecule has 0 aromatic carbocycles. The first-order chi connectivity index (χ1) is 9.15. The molecular formula is C14H18N4O. The SMILES string of the molecule is CC(=O)c1cnn2cc(N3CCN(C)CC3)ccc12. The average Bonchev–Trinajstić information content (AvgIpc) is 2.82. The molecule has 1 fully saturated rings. The summed E-state index contributed by atoms with van der Waals surface area (Å²) in [7, 11) is 2.15. The standard InChI is InChI=1S/C14H18N4O/c1-11(19)13-9-15-18-10-12(3-4-14(13)18)17-7-5-16(2)6-8-17/h3-4,9-10H,5-8H2,1-2H3. The smallest absolute Gasteiger partial charge is 0.163 e. The predicted octanol–water partition coefficient (Wildman–Crippen LogP) is 1.29. The topological polar surface area (TPSA) is 40.9 Å². The fourth-order valence-electron chi connectivity index (χ4n) is 2.50. The molecule has 100 valence electrons. The molecule has 0 bridgehead atoms. The van der Waals surface area contributed by atoms with E-state index in [4.69, 9.17) is 0 Å². The van der Waals surface area contributed by atoms with Crippen molar-refractivity contribution in [1.29, 1.82) is 0 Å². The van der Waals surface area contributed by atoms with Crippen molar-refractivity contribution in [1.82, 2.24) is 14.5 Å². The minimum Gasteiger partial charge on any atom is -0.368 e. The van der Waals surface area contributed by atoms with E-state index in [-0.39, 0.29) is 5.78 Å². The molecule has 3 rings (SSSR count). The molecule has 5 heteroatoms. The lowest BCUT2D eigenvalue weighted by atomic mass is 10.2. The summed E-state index contributed by atoms with van der Waals surface area (Å²) < 4.78 is 1.80. The van der Waals surface area contributed by atoms with Gasteiger partial charge in [-0.2, -0.15) is 5.10 Å². The van der Waals surface area contributed by atoms with Crippen LogP contribution in [0.15, 0.2) is 24.5 Å². The van der Waals surface area contributed by atoms with E-state index < -0.39 is 0 Å². The normalized spacial score (nSPS) is 17.1. The molecule has 2 aromatic rings. The van der Waals surface area contributed by atoms with E-state index >= 15 is 0 Å². The molecule has 0 atom stereocenters. The number of carbonyl (C=O) groups is 1. The van der Waals surface area contributed by atoms with E-state index in [9.17, 15) is 4.79 Å². The minimum absolute atomic E-state index is 0.0577. The fraction of sp³-hybridized carbons (Fsp3) is 0.429. The third-order valence-electron chi connectivity index (χ3n) is 3.75. The number of piperazine rings is 1. The highest BCUT2D eigenvalue weighted by Gasteiger charge is 2.15. The van der Waals surface area contributed by atoms with Crippen LogP contribution in [0, 0.1) is 0 Å². The van der Waals surface area contributed by atoms with Crippen molar-refractivity contribution in [2.45, 2.75) is 6.92 Å². The summed E-state index contributed by atoms with van der Waals surface area (Å²) in [6.45, 7) is 5.79. The van der Waals surface area contributed by atoms with Crippen molar-refractivity contribution in [3.63, 3.8) is 0 Å². The van der Waals surface area contributed by atoms with Gasteiger partial charge in [0, 0.05) is 26.2 Å². The Balaban J connectivity index is 1.92. The molecule has 19 heavy (non-hydrogen) atoms. The van der Waals surface area contributed by atoms with Crippen LogP contribution < -0.4 is 4.90 Å². The van der Waals surface area contributed by atoms with Crippen LogP contribution in [-0.2, 0) is 0 Å². The molecule has 1 saturated heterocycles. The summed E-state index contributed by atoms with van der Waals surface area (Å²) in [4.78, 5) is 16.2. The number of nitrogens with zero attached hydrogens (tertiary/aromatic N) is 4. The van der Waals surface area contributed by atoms with E-state index in [1.165, 1.54) is 5.69 Å². The van der Waals surface area contributed by atoms with Gasteiger partial charge in [-0.25, -0.2) is 4.52 Å². The van der Waals surface area contributed by atoms with Crippen molar-refractivity contribution >= 4 is 17.0 Å². The van der Waals surface area contributed by atoms with E-state index in [1.54, 1.807) is 17.6 Å². The summed E-state index contributed by atoms with van der Waals surface area (Å²) in [5.41, 5.74) is 2.73. The van der Waals surface area contributed by atoms with Crippen molar-refractivity contribution in [2.75, 3.05) is 38.1 Å². The van der Waals surface area contributed by atoms with Crippen molar-refractivity contribution in [3.8, 4) is 0 Å². The van der Waals surface area contributed by atoms with Crippen LogP contribution in [0.25, 0.3) is 5.52 Å². The van der Waals surface area contributed by atoms with Gasteiger partial charge in [0.15, 0.2) is 5.78 Å². The van der Waals surface area contributed by atoms with Crippen LogP contribution in [-0.4, -0.2) is 53.5 Å². The number of likely N-dealkylation sites (N-methyl/N-ethyl adjacent to an activating group) is 1. The lowest BCUT2D eigenvalue weighted by Gasteiger charge is -2.33. The van der Waals surface area contributed by atoms with Gasteiger partial charge in [0.25, 0.3) is 0 Å². The van der Waals surface area contributed by atoms with Gasteiger partial charge in [-0.05, 0) is 26.1 Å². The van der Waals surface area contributed by atoms with Crippen LogP contribution in [0.1, 0.15) is 17.3 Å². The molecule has 1 aliphatic rings. The van der Waals surface area contributed by atoms with Crippen LogP contribution >= 0.6 is 0 Å². The Labute approximate surface area is 112 Å². The molecule has 0 N–H and O–H groups in total. The summed E-state index contributed by atoms with van der Waals surface area (Å²) in [6.07, 6.45) is 3.65. The highest BCUT2D eigenvalue weighted by Crippen LogP contribution is 2.19. The molecule has 0 aliphatic carbocycles. The van der Waals surface area contributed by atoms with Gasteiger partial charge in [-0.3, -0.25) is 4.79 Å². The molecule has 0 radical (unpaired) electrons. The Bertz CT molecular complexity index is 611. The Morgan fingerprint density at radius 1 is 1.21 bits per heavy atom. The largest absolute Gasteiger partial charge is 0.368 e. The van der Waals surface area contributed by atoms with Gasteiger partial charge in [-0.15, -0.1) is 0 Å². The van der Waals surface area contributed by atoms with E-state index in [0.717, 1.165) is 31.7 Å². The molecular weight excluding hydrogens is 240 g/mol. The lowest BCUT2D eigenvalue weighted by Crippen LogP contribution is -2.44. The lowest BCUT2D eigenvalue weighted by molar-refractivity contribution is 0.101. The number of ketones is 1. The molecule has 1 aliphatic heterocycles. The first-order valence-corrected chi connectivity index (χ1v) is 6.57. The monoisotopic (exact) mass is 258 g/mol. The highest BCUT2D eigenvalue weighted by atomic mass is 16.1. The van der Waals surface area contributed by atoms with Gasteiger partial charge >= 0.3 is 0 Å². The Morgan fingerprint density at radius 3 is 2.63 bits per heavy atom. The number of carbonyl (C=O) groups excluding carboxylic acids is 1. The first kappa shape index (κ1) is 12.2. The number of aromatic nitrogens is 2. The number of Topliss-reactive ketones (excluding diaryl/α,β-unsaturated/α-hetero) is 1. The van der Waals surface area contributed by atoms with Gasteiger partial charge in [0.05, 0.1) is 29.2 Å². The Kier molecular flexibility index (Phi) is 2.98. The van der Waals surface area contributed by atoms with E-state index in [0.29, 0.717) is 5.56 Å². The Hall–Kier alpha value is -1.88. The zero-order valence-corrected chi connectivity index (χ0v) is 11.3. The van der Waals surface area contributed by atoms with Crippen molar-refractivity contribution < 1.29 is 4.79 Å².